The zero-order valence-corrected chi connectivity index (χ0v) is 21.6. The maximum absolute atomic E-state index is 12.9. The third-order valence-electron chi connectivity index (χ3n) is 6.46. The minimum absolute atomic E-state index is 0.0557. The maximum Gasteiger partial charge on any atom is 0.254 e. The van der Waals surface area contributed by atoms with Crippen LogP contribution in [0.3, 0.4) is 0 Å². The highest BCUT2D eigenvalue weighted by Crippen LogP contribution is 2.29. The number of carbonyl (C=O) groups is 1. The van der Waals surface area contributed by atoms with Gasteiger partial charge in [0.2, 0.25) is 0 Å². The molecular formula is C26H45N3O2. The molecule has 2 unspecified atom stereocenters. The van der Waals surface area contributed by atoms with Crippen LogP contribution >= 0.6 is 0 Å². The Balaban J connectivity index is 3.30. The summed E-state index contributed by atoms with van der Waals surface area (Å²) in [5, 5.41) is 0. The average molecular weight is 432 g/mol. The molecule has 0 N–H and O–H groups in total. The first kappa shape index (κ1) is 27.2. The molecule has 1 amide bonds. The summed E-state index contributed by atoms with van der Waals surface area (Å²) in [6.07, 6.45) is 8.29. The standard InChI is InChI=1S/C26H45N3O2/c1-11-14-15-27-21(6)24(23(13-3)19(4)12-2)22(7)28-16-17-29(20(5)18-28)25(30)26(8,9)31-10/h13-15,19-20H,11-12,16-18H2,1-10H3/b15-14+,23-13-,24-22-,27-21+. The van der Waals surface area contributed by atoms with Crippen molar-refractivity contribution < 1.29 is 9.53 Å². The maximum atomic E-state index is 12.9. The molecular weight excluding hydrogens is 386 g/mol. The SMILES string of the molecule is C\C=C(C(/C(C)=N/C=C/CC)=C(/C)N1CCN(C(=O)C(C)(C)OC)C(C)C1)\C(C)CC. The first-order valence-corrected chi connectivity index (χ1v) is 11.7. The lowest BCUT2D eigenvalue weighted by Gasteiger charge is -2.44. The highest BCUT2D eigenvalue weighted by molar-refractivity contribution is 6.03. The minimum Gasteiger partial charge on any atom is -0.371 e. The first-order chi connectivity index (χ1) is 14.5. The van der Waals surface area contributed by atoms with Gasteiger partial charge in [-0.05, 0) is 65.9 Å². The van der Waals surface area contributed by atoms with E-state index in [2.05, 4.69) is 65.5 Å². The number of aliphatic imine (C=N–C) groups is 1. The Morgan fingerprint density at radius 3 is 2.39 bits per heavy atom. The first-order valence-electron chi connectivity index (χ1n) is 11.7. The molecule has 0 aromatic rings. The van der Waals surface area contributed by atoms with Gasteiger partial charge in [-0.25, -0.2) is 0 Å². The van der Waals surface area contributed by atoms with Gasteiger partial charge in [0.15, 0.2) is 0 Å². The van der Waals surface area contributed by atoms with Crippen molar-refractivity contribution in [2.24, 2.45) is 10.9 Å². The molecule has 1 saturated heterocycles. The summed E-state index contributed by atoms with van der Waals surface area (Å²) in [6, 6.07) is 0.113. The summed E-state index contributed by atoms with van der Waals surface area (Å²) in [4.78, 5) is 22.1. The quantitative estimate of drug-likeness (QED) is 0.353. The van der Waals surface area contributed by atoms with Crippen molar-refractivity contribution in [1.29, 1.82) is 0 Å². The second kappa shape index (κ2) is 12.2. The monoisotopic (exact) mass is 431 g/mol. The second-order valence-electron chi connectivity index (χ2n) is 9.03. The van der Waals surface area contributed by atoms with Crippen molar-refractivity contribution in [3.63, 3.8) is 0 Å². The predicted octanol–water partition coefficient (Wildman–Crippen LogP) is 5.60. The van der Waals surface area contributed by atoms with E-state index in [-0.39, 0.29) is 11.9 Å². The highest BCUT2D eigenvalue weighted by atomic mass is 16.5. The fourth-order valence-corrected chi connectivity index (χ4v) is 4.06. The van der Waals surface area contributed by atoms with Crippen LogP contribution in [0, 0.1) is 5.92 Å². The van der Waals surface area contributed by atoms with Crippen LogP contribution in [0.25, 0.3) is 0 Å². The van der Waals surface area contributed by atoms with E-state index < -0.39 is 5.60 Å². The molecule has 0 aromatic carbocycles. The minimum atomic E-state index is -0.796. The number of piperazine rings is 1. The summed E-state index contributed by atoms with van der Waals surface area (Å²) in [6.45, 7) is 21.2. The third-order valence-corrected chi connectivity index (χ3v) is 6.46. The van der Waals surface area contributed by atoms with E-state index in [1.165, 1.54) is 16.8 Å². The van der Waals surface area contributed by atoms with Gasteiger partial charge in [0.1, 0.15) is 5.60 Å². The predicted molar refractivity (Wildman–Crippen MR) is 132 cm³/mol. The summed E-state index contributed by atoms with van der Waals surface area (Å²) in [5.41, 5.74) is 4.07. The summed E-state index contributed by atoms with van der Waals surface area (Å²) < 4.78 is 5.43. The summed E-state index contributed by atoms with van der Waals surface area (Å²) in [7, 11) is 1.60. The molecule has 0 spiro atoms. The molecule has 2 atom stereocenters. The van der Waals surface area contributed by atoms with E-state index in [1.807, 2.05) is 24.9 Å². The Hall–Kier alpha value is -1.88. The summed E-state index contributed by atoms with van der Waals surface area (Å²) in [5.74, 6) is 0.512. The molecule has 31 heavy (non-hydrogen) atoms. The number of hydrogen-bond acceptors (Lipinski definition) is 4. The molecule has 1 fully saturated rings. The van der Waals surface area contributed by atoms with Crippen molar-refractivity contribution in [2.75, 3.05) is 26.7 Å². The van der Waals surface area contributed by atoms with E-state index in [1.54, 1.807) is 7.11 Å². The Morgan fingerprint density at radius 2 is 1.90 bits per heavy atom. The van der Waals surface area contributed by atoms with E-state index in [9.17, 15) is 4.79 Å². The van der Waals surface area contributed by atoms with Crippen LogP contribution in [0.2, 0.25) is 0 Å². The lowest BCUT2D eigenvalue weighted by atomic mass is 9.87. The van der Waals surface area contributed by atoms with Gasteiger partial charge >= 0.3 is 0 Å². The van der Waals surface area contributed by atoms with Gasteiger partial charge < -0.3 is 14.5 Å². The van der Waals surface area contributed by atoms with Crippen molar-refractivity contribution >= 4 is 11.6 Å². The Kier molecular flexibility index (Phi) is 10.7. The van der Waals surface area contributed by atoms with E-state index in [0.29, 0.717) is 12.5 Å². The molecule has 0 bridgehead atoms. The van der Waals surface area contributed by atoms with Crippen molar-refractivity contribution in [2.45, 2.75) is 86.8 Å². The van der Waals surface area contributed by atoms with Crippen LogP contribution in [0.15, 0.2) is 40.2 Å². The average Bonchev–Trinajstić information content (AvgIpc) is 2.75. The third kappa shape index (κ3) is 6.80. The number of carbonyl (C=O) groups excluding carboxylic acids is 1. The van der Waals surface area contributed by atoms with E-state index in [4.69, 9.17) is 9.73 Å². The van der Waals surface area contributed by atoms with Crippen molar-refractivity contribution in [3.05, 3.63) is 35.2 Å². The number of ether oxygens (including phenoxy) is 1. The van der Waals surface area contributed by atoms with Gasteiger partial charge in [-0.1, -0.05) is 32.9 Å². The van der Waals surface area contributed by atoms with Gasteiger partial charge in [0.25, 0.3) is 5.91 Å². The normalized spacial score (nSPS) is 20.9. The molecule has 176 valence electrons. The van der Waals surface area contributed by atoms with Crippen molar-refractivity contribution in [3.8, 4) is 0 Å². The fourth-order valence-electron chi connectivity index (χ4n) is 4.06. The summed E-state index contributed by atoms with van der Waals surface area (Å²) >= 11 is 0. The van der Waals surface area contributed by atoms with Crippen LogP contribution in [0.4, 0.5) is 0 Å². The van der Waals surface area contributed by atoms with Crippen LogP contribution in [-0.2, 0) is 9.53 Å². The number of hydrogen-bond donors (Lipinski definition) is 0. The number of methoxy groups -OCH3 is 1. The van der Waals surface area contributed by atoms with Gasteiger partial charge in [-0.2, -0.15) is 0 Å². The Morgan fingerprint density at radius 1 is 1.26 bits per heavy atom. The molecule has 1 heterocycles. The molecule has 0 radical (unpaired) electrons. The van der Waals surface area contributed by atoms with Crippen LogP contribution < -0.4 is 0 Å². The van der Waals surface area contributed by atoms with Gasteiger partial charge in [0.05, 0.1) is 0 Å². The molecule has 0 aromatic heterocycles. The fraction of sp³-hybridized carbons (Fsp3) is 0.692. The van der Waals surface area contributed by atoms with Crippen LogP contribution in [0.5, 0.6) is 0 Å². The van der Waals surface area contributed by atoms with Gasteiger partial charge in [0, 0.05) is 56.0 Å². The van der Waals surface area contributed by atoms with E-state index >= 15 is 0 Å². The van der Waals surface area contributed by atoms with Gasteiger partial charge in [-0.15, -0.1) is 0 Å². The molecule has 1 aliphatic rings. The lowest BCUT2D eigenvalue weighted by molar-refractivity contribution is -0.155. The molecule has 5 nitrogen and oxygen atoms in total. The number of amides is 1. The van der Waals surface area contributed by atoms with Crippen LogP contribution in [-0.4, -0.2) is 59.8 Å². The molecule has 5 heteroatoms. The largest absolute Gasteiger partial charge is 0.371 e. The molecule has 0 saturated carbocycles. The van der Waals surface area contributed by atoms with E-state index in [0.717, 1.165) is 31.6 Å². The zero-order valence-electron chi connectivity index (χ0n) is 21.6. The smallest absolute Gasteiger partial charge is 0.254 e. The van der Waals surface area contributed by atoms with Crippen LogP contribution in [0.1, 0.15) is 75.2 Å². The molecule has 0 aliphatic carbocycles. The Bertz CT molecular complexity index is 731. The topological polar surface area (TPSA) is 45.1 Å². The molecule has 1 rings (SSSR count). The molecule has 1 aliphatic heterocycles. The zero-order chi connectivity index (χ0) is 23.8. The second-order valence-corrected chi connectivity index (χ2v) is 9.03. The number of nitrogens with zero attached hydrogens (tertiary/aromatic N) is 3. The highest BCUT2D eigenvalue weighted by Gasteiger charge is 2.37. The Labute approximate surface area is 190 Å². The van der Waals surface area contributed by atoms with Crippen molar-refractivity contribution in [1.82, 2.24) is 9.80 Å². The number of rotatable bonds is 9. The number of allylic oxidation sites excluding steroid dienone is 5. The lowest BCUT2D eigenvalue weighted by Crippen LogP contribution is -2.58. The van der Waals surface area contributed by atoms with Gasteiger partial charge in [-0.3, -0.25) is 9.79 Å².